The monoisotopic (exact) mass is 221 g/mol. The van der Waals surface area contributed by atoms with Crippen molar-refractivity contribution in [3.8, 4) is 0 Å². The van der Waals surface area contributed by atoms with Crippen LogP contribution in [0.25, 0.3) is 0 Å². The van der Waals surface area contributed by atoms with E-state index in [9.17, 15) is 0 Å². The lowest BCUT2D eigenvalue weighted by Crippen LogP contribution is -2.13. The van der Waals surface area contributed by atoms with Gasteiger partial charge in [0, 0.05) is 26.3 Å². The first-order valence-electron chi connectivity index (χ1n) is 4.96. The van der Waals surface area contributed by atoms with E-state index in [2.05, 4.69) is 28.1 Å². The first-order valence-corrected chi connectivity index (χ1v) is 5.91. The summed E-state index contributed by atoms with van der Waals surface area (Å²) in [5, 5.41) is 12.1. The number of hydrogen-bond acceptors (Lipinski definition) is 3. The van der Waals surface area contributed by atoms with E-state index in [-0.39, 0.29) is 0 Å². The van der Waals surface area contributed by atoms with E-state index in [4.69, 9.17) is 0 Å². The topological polar surface area (TPSA) is 29.9 Å². The van der Waals surface area contributed by atoms with Crippen molar-refractivity contribution < 1.29 is 0 Å². The Hall–Kier alpha value is -1.13. The van der Waals surface area contributed by atoms with Gasteiger partial charge in [0.2, 0.25) is 0 Å². The lowest BCUT2D eigenvalue weighted by atomic mass is 10.2. The molecule has 15 heavy (non-hydrogen) atoms. The largest absolute Gasteiger partial charge is 0.307 e. The van der Waals surface area contributed by atoms with E-state index in [1.165, 1.54) is 11.1 Å². The van der Waals surface area contributed by atoms with Crippen LogP contribution in [-0.4, -0.2) is 9.78 Å². The summed E-state index contributed by atoms with van der Waals surface area (Å²) in [5.74, 6) is 0. The minimum Gasteiger partial charge on any atom is -0.307 e. The van der Waals surface area contributed by atoms with Crippen LogP contribution in [0.2, 0.25) is 0 Å². The fourth-order valence-electron chi connectivity index (χ4n) is 1.45. The molecule has 2 aromatic heterocycles. The van der Waals surface area contributed by atoms with Gasteiger partial charge in [-0.25, -0.2) is 0 Å². The molecule has 0 amide bonds. The van der Waals surface area contributed by atoms with Gasteiger partial charge in [-0.05, 0) is 34.9 Å². The van der Waals surface area contributed by atoms with E-state index in [0.29, 0.717) is 0 Å². The molecule has 0 atom stereocenters. The maximum Gasteiger partial charge on any atom is 0.0762 e. The normalized spacial score (nSPS) is 10.8. The molecule has 0 saturated heterocycles. The number of thiophene rings is 1. The number of rotatable bonds is 4. The van der Waals surface area contributed by atoms with Crippen molar-refractivity contribution in [1.82, 2.24) is 15.1 Å². The Bertz CT molecular complexity index is 430. The molecule has 0 fully saturated rings. The number of hydrogen-bond donors (Lipinski definition) is 1. The fraction of sp³-hybridized carbons (Fsp3) is 0.364. The minimum atomic E-state index is 0.829. The second-order valence-electron chi connectivity index (χ2n) is 3.66. The molecule has 2 heterocycles. The average molecular weight is 221 g/mol. The molecule has 0 bridgehead atoms. The summed E-state index contributed by atoms with van der Waals surface area (Å²) in [6.45, 7) is 3.90. The maximum absolute atomic E-state index is 4.31. The summed E-state index contributed by atoms with van der Waals surface area (Å²) >= 11 is 1.76. The Morgan fingerprint density at radius 1 is 1.40 bits per heavy atom. The van der Waals surface area contributed by atoms with Crippen LogP contribution >= 0.6 is 11.3 Å². The standard InChI is InChI=1S/C11H15N3S/c1-9-7-15-8-10(9)5-12-6-11-3-4-14(2)13-11/h3-4,7-8,12H,5-6H2,1-2H3. The molecule has 80 valence electrons. The summed E-state index contributed by atoms with van der Waals surface area (Å²) < 4.78 is 1.83. The van der Waals surface area contributed by atoms with E-state index in [1.807, 2.05) is 24.0 Å². The van der Waals surface area contributed by atoms with Crippen molar-refractivity contribution in [2.45, 2.75) is 20.0 Å². The predicted molar refractivity (Wildman–Crippen MR) is 62.8 cm³/mol. The molecule has 0 spiro atoms. The van der Waals surface area contributed by atoms with Gasteiger partial charge in [-0.2, -0.15) is 16.4 Å². The molecule has 3 nitrogen and oxygen atoms in total. The molecular weight excluding hydrogens is 206 g/mol. The molecule has 2 aromatic rings. The molecule has 0 aromatic carbocycles. The van der Waals surface area contributed by atoms with Crippen molar-refractivity contribution in [2.24, 2.45) is 7.05 Å². The van der Waals surface area contributed by atoms with Gasteiger partial charge in [-0.3, -0.25) is 4.68 Å². The van der Waals surface area contributed by atoms with Gasteiger partial charge in [0.05, 0.1) is 5.69 Å². The van der Waals surface area contributed by atoms with Crippen LogP contribution in [0.3, 0.4) is 0 Å². The summed E-state index contributed by atoms with van der Waals surface area (Å²) in [4.78, 5) is 0. The Balaban J connectivity index is 1.83. The zero-order chi connectivity index (χ0) is 10.7. The Morgan fingerprint density at radius 3 is 2.87 bits per heavy atom. The third-order valence-corrected chi connectivity index (χ3v) is 3.26. The molecule has 0 saturated carbocycles. The Kier molecular flexibility index (Phi) is 3.18. The van der Waals surface area contributed by atoms with Gasteiger partial charge in [-0.15, -0.1) is 0 Å². The first kappa shape index (κ1) is 10.4. The van der Waals surface area contributed by atoms with Gasteiger partial charge in [0.15, 0.2) is 0 Å². The highest BCUT2D eigenvalue weighted by atomic mass is 32.1. The van der Waals surface area contributed by atoms with Crippen molar-refractivity contribution in [3.05, 3.63) is 39.8 Å². The summed E-state index contributed by atoms with van der Waals surface area (Å²) in [7, 11) is 1.94. The zero-order valence-electron chi connectivity index (χ0n) is 9.03. The van der Waals surface area contributed by atoms with Crippen LogP contribution in [0.4, 0.5) is 0 Å². The lowest BCUT2D eigenvalue weighted by molar-refractivity contribution is 0.656. The highest BCUT2D eigenvalue weighted by Crippen LogP contribution is 2.13. The van der Waals surface area contributed by atoms with Crippen LogP contribution in [-0.2, 0) is 20.1 Å². The van der Waals surface area contributed by atoms with Crippen LogP contribution in [0.15, 0.2) is 23.0 Å². The Morgan fingerprint density at radius 2 is 2.27 bits per heavy atom. The maximum atomic E-state index is 4.31. The number of nitrogens with zero attached hydrogens (tertiary/aromatic N) is 2. The number of nitrogens with one attached hydrogen (secondary N) is 1. The third kappa shape index (κ3) is 2.67. The third-order valence-electron chi connectivity index (χ3n) is 2.35. The Labute approximate surface area is 93.7 Å². The van der Waals surface area contributed by atoms with Crippen molar-refractivity contribution >= 4 is 11.3 Å². The molecule has 1 N–H and O–H groups in total. The number of aromatic nitrogens is 2. The quantitative estimate of drug-likeness (QED) is 0.856. The highest BCUT2D eigenvalue weighted by Gasteiger charge is 1.99. The molecule has 0 aliphatic heterocycles. The number of aryl methyl sites for hydroxylation is 2. The summed E-state index contributed by atoms with van der Waals surface area (Å²) in [6.07, 6.45) is 1.97. The van der Waals surface area contributed by atoms with Crippen LogP contribution in [0.1, 0.15) is 16.8 Å². The van der Waals surface area contributed by atoms with Gasteiger partial charge < -0.3 is 5.32 Å². The van der Waals surface area contributed by atoms with E-state index >= 15 is 0 Å². The lowest BCUT2D eigenvalue weighted by Gasteiger charge is -2.01. The summed E-state index contributed by atoms with van der Waals surface area (Å²) in [6, 6.07) is 2.04. The average Bonchev–Trinajstić information content (AvgIpc) is 2.77. The molecule has 4 heteroatoms. The smallest absolute Gasteiger partial charge is 0.0762 e. The van der Waals surface area contributed by atoms with Crippen molar-refractivity contribution in [1.29, 1.82) is 0 Å². The summed E-state index contributed by atoms with van der Waals surface area (Å²) in [5.41, 5.74) is 3.84. The molecule has 0 aliphatic rings. The van der Waals surface area contributed by atoms with Gasteiger partial charge in [0.1, 0.15) is 0 Å². The molecule has 0 unspecified atom stereocenters. The van der Waals surface area contributed by atoms with E-state index in [1.54, 1.807) is 11.3 Å². The van der Waals surface area contributed by atoms with Gasteiger partial charge in [0.25, 0.3) is 0 Å². The predicted octanol–water partition coefficient (Wildman–Crippen LogP) is 2.08. The van der Waals surface area contributed by atoms with E-state index in [0.717, 1.165) is 18.8 Å². The first-order chi connectivity index (χ1) is 7.25. The van der Waals surface area contributed by atoms with Crippen LogP contribution in [0, 0.1) is 6.92 Å². The highest BCUT2D eigenvalue weighted by molar-refractivity contribution is 7.08. The van der Waals surface area contributed by atoms with Gasteiger partial charge >= 0.3 is 0 Å². The molecular formula is C11H15N3S. The second-order valence-corrected chi connectivity index (χ2v) is 4.41. The van der Waals surface area contributed by atoms with Crippen molar-refractivity contribution in [3.63, 3.8) is 0 Å². The molecule has 0 radical (unpaired) electrons. The van der Waals surface area contributed by atoms with Crippen LogP contribution < -0.4 is 5.32 Å². The second kappa shape index (κ2) is 4.59. The van der Waals surface area contributed by atoms with Gasteiger partial charge in [-0.1, -0.05) is 0 Å². The SMILES string of the molecule is Cc1cscc1CNCc1ccn(C)n1. The minimum absolute atomic E-state index is 0.829. The fourth-order valence-corrected chi connectivity index (χ4v) is 2.31. The van der Waals surface area contributed by atoms with Crippen LogP contribution in [0.5, 0.6) is 0 Å². The zero-order valence-corrected chi connectivity index (χ0v) is 9.84. The van der Waals surface area contributed by atoms with E-state index < -0.39 is 0 Å². The molecule has 2 rings (SSSR count). The van der Waals surface area contributed by atoms with Crippen molar-refractivity contribution in [2.75, 3.05) is 0 Å². The molecule has 0 aliphatic carbocycles.